The highest BCUT2D eigenvalue weighted by molar-refractivity contribution is 5.58. The second-order valence-corrected chi connectivity index (χ2v) is 4.58. The van der Waals surface area contributed by atoms with Crippen molar-refractivity contribution in [3.63, 3.8) is 0 Å². The molecule has 2 heteroatoms. The standard InChI is InChI=1S/C15H19NO/c1-3-9-15(10-4-2)12-7-5-6-8-13(12)16-11-14(15)17/h3-8,14,16-17H,1-2,9-11H2. The third-order valence-electron chi connectivity index (χ3n) is 3.60. The fraction of sp³-hybridized carbons (Fsp3) is 0.333. The Morgan fingerprint density at radius 1 is 1.29 bits per heavy atom. The van der Waals surface area contributed by atoms with E-state index >= 15 is 0 Å². The summed E-state index contributed by atoms with van der Waals surface area (Å²) in [6.07, 6.45) is 4.88. The maximum Gasteiger partial charge on any atom is 0.0815 e. The van der Waals surface area contributed by atoms with Crippen LogP contribution in [0.3, 0.4) is 0 Å². The molecule has 1 heterocycles. The van der Waals surface area contributed by atoms with Crippen molar-refractivity contribution < 1.29 is 5.11 Å². The number of allylic oxidation sites excluding steroid dienone is 2. The van der Waals surface area contributed by atoms with Gasteiger partial charge in [0.2, 0.25) is 0 Å². The molecule has 2 nitrogen and oxygen atoms in total. The van der Waals surface area contributed by atoms with E-state index in [2.05, 4.69) is 30.6 Å². The molecule has 2 rings (SSSR count). The van der Waals surface area contributed by atoms with Gasteiger partial charge < -0.3 is 10.4 Å². The number of hydrogen-bond acceptors (Lipinski definition) is 2. The minimum absolute atomic E-state index is 0.272. The number of anilines is 1. The Hall–Kier alpha value is -1.54. The highest BCUT2D eigenvalue weighted by Crippen LogP contribution is 2.42. The first-order valence-electron chi connectivity index (χ1n) is 5.98. The van der Waals surface area contributed by atoms with Crippen LogP contribution in [0.25, 0.3) is 0 Å². The second-order valence-electron chi connectivity index (χ2n) is 4.58. The van der Waals surface area contributed by atoms with Gasteiger partial charge in [-0.25, -0.2) is 0 Å². The van der Waals surface area contributed by atoms with Gasteiger partial charge in [0.25, 0.3) is 0 Å². The van der Waals surface area contributed by atoms with E-state index in [1.807, 2.05) is 24.3 Å². The van der Waals surface area contributed by atoms with Crippen LogP contribution in [0.4, 0.5) is 5.69 Å². The van der Waals surface area contributed by atoms with E-state index in [4.69, 9.17) is 0 Å². The van der Waals surface area contributed by atoms with Crippen molar-refractivity contribution in [3.8, 4) is 0 Å². The van der Waals surface area contributed by atoms with Crippen molar-refractivity contribution in [2.45, 2.75) is 24.4 Å². The summed E-state index contributed by atoms with van der Waals surface area (Å²) in [5, 5.41) is 13.6. The first kappa shape index (κ1) is 11.9. The third kappa shape index (κ3) is 1.89. The van der Waals surface area contributed by atoms with Gasteiger partial charge in [-0.3, -0.25) is 0 Å². The molecule has 1 aromatic rings. The molecule has 1 aliphatic rings. The Kier molecular flexibility index (Phi) is 3.34. The third-order valence-corrected chi connectivity index (χ3v) is 3.60. The Balaban J connectivity index is 2.54. The van der Waals surface area contributed by atoms with E-state index in [9.17, 15) is 5.11 Å². The molecular formula is C15H19NO. The van der Waals surface area contributed by atoms with Crippen LogP contribution in [-0.2, 0) is 5.41 Å². The number of aliphatic hydroxyl groups excluding tert-OH is 1. The lowest BCUT2D eigenvalue weighted by Gasteiger charge is -2.42. The van der Waals surface area contributed by atoms with Crippen LogP contribution < -0.4 is 5.32 Å². The first-order chi connectivity index (χ1) is 8.24. The molecule has 0 spiro atoms. The summed E-state index contributed by atoms with van der Waals surface area (Å²) in [7, 11) is 0. The molecule has 0 aliphatic carbocycles. The SMILES string of the molecule is C=CCC1(CC=C)c2ccccc2NCC1O. The number of β-amino-alcohol motifs (C(OH)–C–C–N with tert-alkyl or cyclic N) is 1. The molecule has 1 unspecified atom stereocenters. The highest BCUT2D eigenvalue weighted by atomic mass is 16.3. The van der Waals surface area contributed by atoms with Gasteiger partial charge in [0, 0.05) is 17.6 Å². The number of para-hydroxylation sites is 1. The van der Waals surface area contributed by atoms with E-state index in [1.165, 1.54) is 5.56 Å². The van der Waals surface area contributed by atoms with Gasteiger partial charge in [-0.1, -0.05) is 30.4 Å². The lowest BCUT2D eigenvalue weighted by molar-refractivity contribution is 0.0884. The maximum absolute atomic E-state index is 10.4. The molecule has 0 fully saturated rings. The summed E-state index contributed by atoms with van der Waals surface area (Å²) < 4.78 is 0. The minimum atomic E-state index is -0.409. The lowest BCUT2D eigenvalue weighted by atomic mass is 9.68. The second kappa shape index (κ2) is 4.76. The average Bonchev–Trinajstić information content (AvgIpc) is 2.35. The summed E-state index contributed by atoms with van der Waals surface area (Å²) in [5.74, 6) is 0. The highest BCUT2D eigenvalue weighted by Gasteiger charge is 2.41. The van der Waals surface area contributed by atoms with E-state index in [0.29, 0.717) is 6.54 Å². The molecular weight excluding hydrogens is 210 g/mol. The molecule has 0 radical (unpaired) electrons. The number of nitrogens with one attached hydrogen (secondary N) is 1. The number of fused-ring (bicyclic) bond motifs is 1. The number of rotatable bonds is 4. The Bertz CT molecular complexity index is 415. The molecule has 1 aromatic carbocycles. The summed E-state index contributed by atoms with van der Waals surface area (Å²) >= 11 is 0. The van der Waals surface area contributed by atoms with Crippen molar-refractivity contribution in [2.75, 3.05) is 11.9 Å². The maximum atomic E-state index is 10.4. The van der Waals surface area contributed by atoms with Crippen molar-refractivity contribution in [3.05, 3.63) is 55.1 Å². The molecule has 1 atom stereocenters. The number of aliphatic hydroxyl groups is 1. The predicted molar refractivity (Wildman–Crippen MR) is 72.2 cm³/mol. The predicted octanol–water partition coefficient (Wildman–Crippen LogP) is 2.86. The van der Waals surface area contributed by atoms with Crippen molar-refractivity contribution in [1.29, 1.82) is 0 Å². The van der Waals surface area contributed by atoms with Crippen LogP contribution in [-0.4, -0.2) is 17.8 Å². The Morgan fingerprint density at radius 3 is 2.59 bits per heavy atom. The van der Waals surface area contributed by atoms with Gasteiger partial charge in [-0.2, -0.15) is 0 Å². The van der Waals surface area contributed by atoms with E-state index in [1.54, 1.807) is 0 Å². The summed E-state index contributed by atoms with van der Waals surface area (Å²) in [6.45, 7) is 8.23. The van der Waals surface area contributed by atoms with Crippen LogP contribution in [0.2, 0.25) is 0 Å². The van der Waals surface area contributed by atoms with Gasteiger partial charge in [-0.05, 0) is 24.5 Å². The summed E-state index contributed by atoms with van der Waals surface area (Å²) in [5.41, 5.74) is 2.01. The fourth-order valence-corrected chi connectivity index (χ4v) is 2.74. The molecule has 0 aromatic heterocycles. The van der Waals surface area contributed by atoms with E-state index < -0.39 is 6.10 Å². The number of hydrogen-bond donors (Lipinski definition) is 2. The zero-order valence-corrected chi connectivity index (χ0v) is 10.0. The monoisotopic (exact) mass is 229 g/mol. The molecule has 1 aliphatic heterocycles. The van der Waals surface area contributed by atoms with E-state index in [0.717, 1.165) is 18.5 Å². The summed E-state index contributed by atoms with van der Waals surface area (Å²) in [6, 6.07) is 8.16. The molecule has 90 valence electrons. The van der Waals surface area contributed by atoms with Crippen LogP contribution in [0.5, 0.6) is 0 Å². The molecule has 2 N–H and O–H groups in total. The normalized spacial score (nSPS) is 21.1. The lowest BCUT2D eigenvalue weighted by Crippen LogP contribution is -2.47. The topological polar surface area (TPSA) is 32.3 Å². The van der Waals surface area contributed by atoms with Crippen molar-refractivity contribution in [1.82, 2.24) is 0 Å². The van der Waals surface area contributed by atoms with Gasteiger partial charge in [0.05, 0.1) is 6.10 Å². The average molecular weight is 229 g/mol. The largest absolute Gasteiger partial charge is 0.390 e. The summed E-state index contributed by atoms with van der Waals surface area (Å²) in [4.78, 5) is 0. The Labute approximate surface area is 103 Å². The van der Waals surface area contributed by atoms with Crippen LogP contribution in [0.15, 0.2) is 49.6 Å². The van der Waals surface area contributed by atoms with Gasteiger partial charge >= 0.3 is 0 Å². The molecule has 0 saturated heterocycles. The number of benzene rings is 1. The molecule has 0 bridgehead atoms. The molecule has 0 saturated carbocycles. The fourth-order valence-electron chi connectivity index (χ4n) is 2.74. The van der Waals surface area contributed by atoms with Crippen molar-refractivity contribution >= 4 is 5.69 Å². The minimum Gasteiger partial charge on any atom is -0.390 e. The first-order valence-corrected chi connectivity index (χ1v) is 5.98. The van der Waals surface area contributed by atoms with Gasteiger partial charge in [0.1, 0.15) is 0 Å². The molecule has 17 heavy (non-hydrogen) atoms. The quantitative estimate of drug-likeness (QED) is 0.778. The van der Waals surface area contributed by atoms with Crippen LogP contribution in [0.1, 0.15) is 18.4 Å². The van der Waals surface area contributed by atoms with Crippen molar-refractivity contribution in [2.24, 2.45) is 0 Å². The van der Waals surface area contributed by atoms with Crippen LogP contribution >= 0.6 is 0 Å². The zero-order chi connectivity index (χ0) is 12.3. The smallest absolute Gasteiger partial charge is 0.0815 e. The zero-order valence-electron chi connectivity index (χ0n) is 10.0. The van der Waals surface area contributed by atoms with Crippen LogP contribution in [0, 0.1) is 0 Å². The van der Waals surface area contributed by atoms with E-state index in [-0.39, 0.29) is 5.41 Å². The Morgan fingerprint density at radius 2 is 1.94 bits per heavy atom. The molecule has 0 amide bonds. The van der Waals surface area contributed by atoms with Gasteiger partial charge in [0.15, 0.2) is 0 Å². The van der Waals surface area contributed by atoms with Gasteiger partial charge in [-0.15, -0.1) is 13.2 Å².